The summed E-state index contributed by atoms with van der Waals surface area (Å²) in [5.74, 6) is -0.941. The van der Waals surface area contributed by atoms with Gasteiger partial charge in [-0.2, -0.15) is 13.2 Å². The number of ether oxygens (including phenoxy) is 1. The van der Waals surface area contributed by atoms with Crippen LogP contribution >= 0.6 is 0 Å². The van der Waals surface area contributed by atoms with Gasteiger partial charge in [0.25, 0.3) is 0 Å². The summed E-state index contributed by atoms with van der Waals surface area (Å²) in [4.78, 5) is 17.9. The van der Waals surface area contributed by atoms with Crippen LogP contribution in [0.1, 0.15) is 24.2 Å². The molecule has 1 aromatic heterocycles. The Morgan fingerprint density at radius 1 is 1.10 bits per heavy atom. The number of amides is 1. The molecule has 4 rings (SSSR count). The van der Waals surface area contributed by atoms with Gasteiger partial charge in [-0.1, -0.05) is 42.5 Å². The van der Waals surface area contributed by atoms with Crippen LogP contribution in [0.15, 0.2) is 54.6 Å². The molecule has 1 atom stereocenters. The van der Waals surface area contributed by atoms with E-state index >= 15 is 0 Å². The number of carbonyl (C=O) groups is 1. The first-order valence-corrected chi connectivity index (χ1v) is 9.43. The van der Waals surface area contributed by atoms with Crippen molar-refractivity contribution in [1.82, 2.24) is 14.5 Å². The van der Waals surface area contributed by atoms with Crippen LogP contribution < -0.4 is 0 Å². The molecule has 0 aliphatic carbocycles. The van der Waals surface area contributed by atoms with E-state index in [2.05, 4.69) is 4.98 Å². The maximum absolute atomic E-state index is 13.5. The van der Waals surface area contributed by atoms with E-state index in [4.69, 9.17) is 4.74 Å². The number of nitrogens with zero attached hydrogens (tertiary/aromatic N) is 3. The van der Waals surface area contributed by atoms with Crippen molar-refractivity contribution in [3.63, 3.8) is 0 Å². The summed E-state index contributed by atoms with van der Waals surface area (Å²) < 4.78 is 47.2. The quantitative estimate of drug-likeness (QED) is 0.625. The summed E-state index contributed by atoms with van der Waals surface area (Å²) in [7, 11) is 0. The van der Waals surface area contributed by atoms with Gasteiger partial charge in [0.05, 0.1) is 17.1 Å². The molecule has 8 heteroatoms. The van der Waals surface area contributed by atoms with Crippen molar-refractivity contribution in [3.05, 3.63) is 66.0 Å². The lowest BCUT2D eigenvalue weighted by Gasteiger charge is -2.25. The lowest BCUT2D eigenvalue weighted by Crippen LogP contribution is -2.39. The number of imidazole rings is 1. The average Bonchev–Trinajstić information content (AvgIpc) is 3.32. The summed E-state index contributed by atoms with van der Waals surface area (Å²) in [5, 5.41) is 0. The van der Waals surface area contributed by atoms with Crippen LogP contribution in [0.4, 0.5) is 18.0 Å². The maximum atomic E-state index is 13.5. The highest BCUT2D eigenvalue weighted by Gasteiger charge is 2.39. The minimum atomic E-state index is -4.57. The van der Waals surface area contributed by atoms with Crippen molar-refractivity contribution < 1.29 is 22.7 Å². The van der Waals surface area contributed by atoms with E-state index in [-0.39, 0.29) is 24.7 Å². The summed E-state index contributed by atoms with van der Waals surface area (Å²) >= 11 is 0. The monoisotopic (exact) mass is 403 g/mol. The lowest BCUT2D eigenvalue weighted by molar-refractivity contribution is -0.147. The maximum Gasteiger partial charge on any atom is 0.449 e. The number of likely N-dealkylation sites (tertiary alicyclic amines) is 1. The van der Waals surface area contributed by atoms with Gasteiger partial charge in [0.15, 0.2) is 0 Å². The van der Waals surface area contributed by atoms with Crippen molar-refractivity contribution in [1.29, 1.82) is 0 Å². The molecule has 5 nitrogen and oxygen atoms in total. The fraction of sp³-hybridized carbons (Fsp3) is 0.333. The Kier molecular flexibility index (Phi) is 5.17. The molecule has 1 fully saturated rings. The first-order valence-electron chi connectivity index (χ1n) is 9.43. The van der Waals surface area contributed by atoms with Gasteiger partial charge in [-0.15, -0.1) is 0 Å². The van der Waals surface area contributed by atoms with E-state index in [0.717, 1.165) is 12.0 Å². The number of aromatic nitrogens is 2. The zero-order chi connectivity index (χ0) is 20.4. The van der Waals surface area contributed by atoms with Gasteiger partial charge >= 0.3 is 12.3 Å². The lowest BCUT2D eigenvalue weighted by atomic mass is 10.2. The number of fused-ring (bicyclic) bond motifs is 1. The predicted octanol–water partition coefficient (Wildman–Crippen LogP) is 4.86. The Morgan fingerprint density at radius 2 is 1.83 bits per heavy atom. The Bertz CT molecular complexity index is 1000. The molecule has 1 aliphatic heterocycles. The minimum Gasteiger partial charge on any atom is -0.445 e. The van der Waals surface area contributed by atoms with Gasteiger partial charge in [-0.05, 0) is 30.5 Å². The van der Waals surface area contributed by atoms with E-state index in [1.807, 2.05) is 30.3 Å². The van der Waals surface area contributed by atoms with Crippen LogP contribution in [0.25, 0.3) is 11.0 Å². The number of para-hydroxylation sites is 2. The van der Waals surface area contributed by atoms with Crippen molar-refractivity contribution in [2.75, 3.05) is 6.54 Å². The summed E-state index contributed by atoms with van der Waals surface area (Å²) in [5.41, 5.74) is 1.55. The van der Waals surface area contributed by atoms with Crippen molar-refractivity contribution in [3.8, 4) is 0 Å². The molecule has 0 unspecified atom stereocenters. The summed E-state index contributed by atoms with van der Waals surface area (Å²) in [6.45, 7) is 0.618. The molecule has 1 aliphatic rings. The highest BCUT2D eigenvalue weighted by atomic mass is 19.4. The number of halogens is 3. The highest BCUT2D eigenvalue weighted by Crippen LogP contribution is 2.33. The molecular formula is C21H20F3N3O2. The first kappa shape index (κ1) is 19.3. The standard InChI is InChI=1S/C21H20F3N3O2/c22-21(23,24)19-25-17-10-4-5-11-18(17)27(19)13-16-9-6-12-26(16)20(28)29-14-15-7-2-1-3-8-15/h1-5,7-8,10-11,16H,6,9,12-14H2/t16-/m1/s1. The van der Waals surface area contributed by atoms with Crippen molar-refractivity contribution in [2.24, 2.45) is 0 Å². The second-order valence-electron chi connectivity index (χ2n) is 7.06. The van der Waals surface area contributed by atoms with Crippen LogP contribution in [0.3, 0.4) is 0 Å². The first-order chi connectivity index (χ1) is 13.9. The van der Waals surface area contributed by atoms with E-state index < -0.39 is 18.1 Å². The highest BCUT2D eigenvalue weighted by molar-refractivity contribution is 5.76. The topological polar surface area (TPSA) is 47.4 Å². The molecule has 3 aromatic rings. The molecule has 152 valence electrons. The van der Waals surface area contributed by atoms with E-state index in [9.17, 15) is 18.0 Å². The van der Waals surface area contributed by atoms with Crippen molar-refractivity contribution in [2.45, 2.75) is 38.2 Å². The van der Waals surface area contributed by atoms with Crippen LogP contribution in [-0.2, 0) is 24.1 Å². The van der Waals surface area contributed by atoms with E-state index in [1.165, 1.54) is 9.47 Å². The number of rotatable bonds is 4. The average molecular weight is 403 g/mol. The molecule has 0 saturated carbocycles. The Morgan fingerprint density at radius 3 is 2.59 bits per heavy atom. The molecule has 0 bridgehead atoms. The Labute approximate surface area is 165 Å². The van der Waals surface area contributed by atoms with Crippen LogP contribution in [0.5, 0.6) is 0 Å². The molecule has 29 heavy (non-hydrogen) atoms. The number of alkyl halides is 3. The van der Waals surface area contributed by atoms with Gasteiger partial charge < -0.3 is 14.2 Å². The minimum absolute atomic E-state index is 0.0236. The van der Waals surface area contributed by atoms with Gasteiger partial charge in [0.1, 0.15) is 6.61 Å². The number of carbonyl (C=O) groups excluding carboxylic acids is 1. The third-order valence-electron chi connectivity index (χ3n) is 5.12. The number of hydrogen-bond acceptors (Lipinski definition) is 3. The van der Waals surface area contributed by atoms with Crippen LogP contribution in [0, 0.1) is 0 Å². The van der Waals surface area contributed by atoms with Gasteiger partial charge in [-0.25, -0.2) is 9.78 Å². The normalized spacial score (nSPS) is 17.1. The summed E-state index contributed by atoms with van der Waals surface area (Å²) in [6.07, 6.45) is -3.74. The third-order valence-corrected chi connectivity index (χ3v) is 5.12. The predicted molar refractivity (Wildman–Crippen MR) is 101 cm³/mol. The molecule has 2 aromatic carbocycles. The van der Waals surface area contributed by atoms with Crippen LogP contribution in [-0.4, -0.2) is 33.1 Å². The summed E-state index contributed by atoms with van der Waals surface area (Å²) in [6, 6.07) is 15.4. The zero-order valence-corrected chi connectivity index (χ0v) is 15.6. The van der Waals surface area contributed by atoms with Gasteiger partial charge in [0, 0.05) is 13.1 Å². The Balaban J connectivity index is 1.53. The largest absolute Gasteiger partial charge is 0.449 e. The van der Waals surface area contributed by atoms with E-state index in [1.54, 1.807) is 24.3 Å². The molecule has 0 spiro atoms. The Hall–Kier alpha value is -3.03. The zero-order valence-electron chi connectivity index (χ0n) is 15.6. The van der Waals surface area contributed by atoms with Gasteiger partial charge in [-0.3, -0.25) is 0 Å². The van der Waals surface area contributed by atoms with Gasteiger partial charge in [0.2, 0.25) is 5.82 Å². The second-order valence-corrected chi connectivity index (χ2v) is 7.06. The molecule has 2 heterocycles. The SMILES string of the molecule is O=C(OCc1ccccc1)N1CCC[C@@H]1Cn1c(C(F)(F)F)nc2ccccc21. The fourth-order valence-electron chi connectivity index (χ4n) is 3.76. The van der Waals surface area contributed by atoms with Crippen LogP contribution in [0.2, 0.25) is 0 Å². The third kappa shape index (κ3) is 4.06. The molecule has 0 radical (unpaired) electrons. The molecule has 0 N–H and O–H groups in total. The fourth-order valence-corrected chi connectivity index (χ4v) is 3.76. The molecular weight excluding hydrogens is 383 g/mol. The van der Waals surface area contributed by atoms with Crippen molar-refractivity contribution >= 4 is 17.1 Å². The number of benzene rings is 2. The smallest absolute Gasteiger partial charge is 0.445 e. The second kappa shape index (κ2) is 7.77. The van der Waals surface area contributed by atoms with E-state index in [0.29, 0.717) is 18.5 Å². The molecule has 1 saturated heterocycles. The molecule has 1 amide bonds. The number of hydrogen-bond donors (Lipinski definition) is 0.